The minimum atomic E-state index is -4.35. The molecule has 1 saturated heterocycles. The number of nitrogens with zero attached hydrogens (tertiary/aromatic N) is 2. The van der Waals surface area contributed by atoms with Gasteiger partial charge in [0.05, 0.1) is 18.8 Å². The molecule has 0 spiro atoms. The van der Waals surface area contributed by atoms with Gasteiger partial charge in [-0.3, -0.25) is 0 Å². The van der Waals surface area contributed by atoms with E-state index in [-0.39, 0.29) is 12.6 Å². The Morgan fingerprint density at radius 2 is 1.67 bits per heavy atom. The molecule has 0 bridgehead atoms. The Labute approximate surface area is 136 Å². The van der Waals surface area contributed by atoms with Crippen LogP contribution in [0.25, 0.3) is 0 Å². The number of alkyl halides is 3. The van der Waals surface area contributed by atoms with Gasteiger partial charge in [-0.1, -0.05) is 12.1 Å². The molecule has 0 saturated carbocycles. The fourth-order valence-corrected chi connectivity index (χ4v) is 2.14. The zero-order chi connectivity index (χ0) is 17.0. The molecular weight excluding hydrogens is 325 g/mol. The van der Waals surface area contributed by atoms with Crippen LogP contribution in [0.3, 0.4) is 0 Å². The molecule has 2 heterocycles. The van der Waals surface area contributed by atoms with Crippen LogP contribution in [0.4, 0.5) is 13.2 Å². The maximum absolute atomic E-state index is 12.5. The van der Waals surface area contributed by atoms with Crippen LogP contribution in [-0.2, 0) is 22.3 Å². The average molecular weight is 340 g/mol. The SMILES string of the molecule is FC(F)(F)c1ccc(COc2ncc(C3OCCCO3)cn2)cc1. The van der Waals surface area contributed by atoms with Crippen molar-refractivity contribution in [2.45, 2.75) is 25.5 Å². The van der Waals surface area contributed by atoms with Gasteiger partial charge in [0.2, 0.25) is 0 Å². The van der Waals surface area contributed by atoms with E-state index < -0.39 is 18.0 Å². The largest absolute Gasteiger partial charge is 0.459 e. The number of rotatable bonds is 4. The van der Waals surface area contributed by atoms with Crippen molar-refractivity contribution in [3.8, 4) is 6.01 Å². The van der Waals surface area contributed by atoms with Crippen molar-refractivity contribution in [1.82, 2.24) is 9.97 Å². The third-order valence-electron chi connectivity index (χ3n) is 3.40. The molecule has 1 aliphatic rings. The highest BCUT2D eigenvalue weighted by molar-refractivity contribution is 5.24. The molecule has 0 radical (unpaired) electrons. The Morgan fingerprint density at radius 1 is 1.04 bits per heavy atom. The maximum Gasteiger partial charge on any atom is 0.416 e. The summed E-state index contributed by atoms with van der Waals surface area (Å²) in [6, 6.07) is 4.89. The number of hydrogen-bond acceptors (Lipinski definition) is 5. The first kappa shape index (κ1) is 16.7. The lowest BCUT2D eigenvalue weighted by Crippen LogP contribution is -2.18. The minimum absolute atomic E-state index is 0.0773. The highest BCUT2D eigenvalue weighted by Crippen LogP contribution is 2.29. The van der Waals surface area contributed by atoms with E-state index in [2.05, 4.69) is 9.97 Å². The van der Waals surface area contributed by atoms with E-state index >= 15 is 0 Å². The van der Waals surface area contributed by atoms with E-state index in [1.807, 2.05) is 0 Å². The second kappa shape index (κ2) is 7.14. The zero-order valence-corrected chi connectivity index (χ0v) is 12.6. The van der Waals surface area contributed by atoms with E-state index in [4.69, 9.17) is 14.2 Å². The molecule has 128 valence electrons. The molecule has 0 atom stereocenters. The van der Waals surface area contributed by atoms with Gasteiger partial charge in [0, 0.05) is 18.0 Å². The second-order valence-electron chi connectivity index (χ2n) is 5.21. The lowest BCUT2D eigenvalue weighted by Gasteiger charge is -2.22. The van der Waals surface area contributed by atoms with Crippen molar-refractivity contribution in [1.29, 1.82) is 0 Å². The van der Waals surface area contributed by atoms with Crippen molar-refractivity contribution in [2.75, 3.05) is 13.2 Å². The van der Waals surface area contributed by atoms with Crippen LogP contribution in [-0.4, -0.2) is 23.2 Å². The Hall–Kier alpha value is -2.19. The average Bonchev–Trinajstić information content (AvgIpc) is 2.61. The van der Waals surface area contributed by atoms with Crippen molar-refractivity contribution in [3.05, 3.63) is 53.3 Å². The molecular formula is C16H15F3N2O3. The first-order valence-corrected chi connectivity index (χ1v) is 7.36. The van der Waals surface area contributed by atoms with Crippen LogP contribution in [0.2, 0.25) is 0 Å². The standard InChI is InChI=1S/C16H15F3N2O3/c17-16(18,19)13-4-2-11(3-5-13)10-24-15-20-8-12(9-21-15)14-22-6-1-7-23-14/h2-5,8-9,14H,1,6-7,10H2. The summed E-state index contributed by atoms with van der Waals surface area (Å²) in [7, 11) is 0. The van der Waals surface area contributed by atoms with Gasteiger partial charge in [-0.15, -0.1) is 0 Å². The Balaban J connectivity index is 1.56. The predicted molar refractivity (Wildman–Crippen MR) is 77.1 cm³/mol. The van der Waals surface area contributed by atoms with Crippen LogP contribution in [0, 0.1) is 0 Å². The van der Waals surface area contributed by atoms with E-state index in [9.17, 15) is 13.2 Å². The lowest BCUT2D eigenvalue weighted by atomic mass is 10.1. The quantitative estimate of drug-likeness (QED) is 0.852. The molecule has 1 aromatic heterocycles. The van der Waals surface area contributed by atoms with Gasteiger partial charge < -0.3 is 14.2 Å². The third kappa shape index (κ3) is 4.21. The first-order valence-electron chi connectivity index (χ1n) is 7.36. The van der Waals surface area contributed by atoms with Crippen LogP contribution >= 0.6 is 0 Å². The number of aromatic nitrogens is 2. The molecule has 1 aliphatic heterocycles. The Bertz CT molecular complexity index is 654. The van der Waals surface area contributed by atoms with Gasteiger partial charge in [0.25, 0.3) is 0 Å². The van der Waals surface area contributed by atoms with Crippen molar-refractivity contribution >= 4 is 0 Å². The molecule has 0 N–H and O–H groups in total. The molecule has 1 fully saturated rings. The van der Waals surface area contributed by atoms with Crippen LogP contribution in [0.15, 0.2) is 36.7 Å². The summed E-state index contributed by atoms with van der Waals surface area (Å²) in [6.45, 7) is 1.32. The number of hydrogen-bond donors (Lipinski definition) is 0. The summed E-state index contributed by atoms with van der Waals surface area (Å²) >= 11 is 0. The Kier molecular flexibility index (Phi) is 4.96. The van der Waals surface area contributed by atoms with Gasteiger partial charge in [0.1, 0.15) is 6.61 Å². The molecule has 8 heteroatoms. The summed E-state index contributed by atoms with van der Waals surface area (Å²) in [5.41, 5.74) is 0.588. The van der Waals surface area contributed by atoms with Crippen molar-refractivity contribution in [2.24, 2.45) is 0 Å². The predicted octanol–water partition coefficient (Wildman–Crippen LogP) is 3.51. The van der Waals surface area contributed by atoms with Gasteiger partial charge in [-0.05, 0) is 24.1 Å². The summed E-state index contributed by atoms with van der Waals surface area (Å²) in [5.74, 6) is 0. The van der Waals surface area contributed by atoms with Gasteiger partial charge in [-0.25, -0.2) is 9.97 Å². The number of halogens is 3. The molecule has 2 aromatic rings. The van der Waals surface area contributed by atoms with Gasteiger partial charge in [0.15, 0.2) is 6.29 Å². The molecule has 24 heavy (non-hydrogen) atoms. The fourth-order valence-electron chi connectivity index (χ4n) is 2.14. The minimum Gasteiger partial charge on any atom is -0.459 e. The third-order valence-corrected chi connectivity index (χ3v) is 3.40. The van der Waals surface area contributed by atoms with Crippen LogP contribution in [0.5, 0.6) is 6.01 Å². The Morgan fingerprint density at radius 3 is 2.25 bits per heavy atom. The highest BCUT2D eigenvalue weighted by atomic mass is 19.4. The van der Waals surface area contributed by atoms with Gasteiger partial charge in [-0.2, -0.15) is 13.2 Å². The van der Waals surface area contributed by atoms with Crippen LogP contribution < -0.4 is 4.74 Å². The number of benzene rings is 1. The molecule has 0 unspecified atom stereocenters. The molecule has 0 aliphatic carbocycles. The highest BCUT2D eigenvalue weighted by Gasteiger charge is 2.29. The summed E-state index contributed by atoms with van der Waals surface area (Å²) in [5, 5.41) is 0. The smallest absolute Gasteiger partial charge is 0.416 e. The number of ether oxygens (including phenoxy) is 3. The summed E-state index contributed by atoms with van der Waals surface area (Å²) in [4.78, 5) is 8.10. The van der Waals surface area contributed by atoms with Crippen LogP contribution in [0.1, 0.15) is 29.4 Å². The lowest BCUT2D eigenvalue weighted by molar-refractivity contribution is -0.183. The normalized spacial score (nSPS) is 16.1. The fraction of sp³-hybridized carbons (Fsp3) is 0.375. The van der Waals surface area contributed by atoms with E-state index in [0.29, 0.717) is 24.3 Å². The zero-order valence-electron chi connectivity index (χ0n) is 12.6. The van der Waals surface area contributed by atoms with E-state index in [1.165, 1.54) is 12.1 Å². The first-order chi connectivity index (χ1) is 11.5. The molecule has 5 nitrogen and oxygen atoms in total. The summed E-state index contributed by atoms with van der Waals surface area (Å²) < 4.78 is 53.7. The van der Waals surface area contributed by atoms with Crippen molar-refractivity contribution < 1.29 is 27.4 Å². The van der Waals surface area contributed by atoms with E-state index in [1.54, 1.807) is 12.4 Å². The monoisotopic (exact) mass is 340 g/mol. The van der Waals surface area contributed by atoms with Crippen molar-refractivity contribution in [3.63, 3.8) is 0 Å². The second-order valence-corrected chi connectivity index (χ2v) is 5.21. The topological polar surface area (TPSA) is 53.5 Å². The maximum atomic E-state index is 12.5. The van der Waals surface area contributed by atoms with Gasteiger partial charge >= 0.3 is 12.2 Å². The molecule has 3 rings (SSSR count). The summed E-state index contributed by atoms with van der Waals surface area (Å²) in [6.07, 6.45) is -0.869. The molecule has 1 aromatic carbocycles. The van der Waals surface area contributed by atoms with E-state index in [0.717, 1.165) is 18.6 Å². The molecule has 0 amide bonds.